The average Bonchev–Trinajstić information content (AvgIpc) is 3.10. The Morgan fingerprint density at radius 3 is 2.28 bits per heavy atom. The molecule has 0 fully saturated rings. The van der Waals surface area contributed by atoms with Gasteiger partial charge in [-0.1, -0.05) is 75.2 Å². The van der Waals surface area contributed by atoms with E-state index < -0.39 is 45.4 Å². The summed E-state index contributed by atoms with van der Waals surface area (Å²) in [5, 5.41) is 2.75. The first kappa shape index (κ1) is 35.5. The van der Waals surface area contributed by atoms with Gasteiger partial charge in [-0.25, -0.2) is 13.2 Å². The first-order valence-corrected chi connectivity index (χ1v) is 18.3. The average molecular weight is 714 g/mol. The third-order valence-electron chi connectivity index (χ3n) is 8.18. The number of nitrogens with zero attached hydrogens (tertiary/aromatic N) is 1. The van der Waals surface area contributed by atoms with Crippen molar-refractivity contribution in [3.8, 4) is 5.75 Å². The standard InChI is InChI=1S/C36H45BrN2O6S/c1-6-8-19-36(7-2)24-39(27-17-13-10-14-18-27)30-21-28(37)31(22-32(30)46(42,43)25-36)44-23-33(40)38-29(34(41)45-35(3,4)5)20-26-15-11-9-12-16-26/h9-18,21-22,29H,6-8,19-20,23-25H2,1-5H3,(H,38,40)/t29-,36?/m1/s1. The van der Waals surface area contributed by atoms with Crippen LogP contribution < -0.4 is 15.0 Å². The Bertz CT molecular complexity index is 1610. The number of benzene rings is 3. The number of hydrogen-bond acceptors (Lipinski definition) is 7. The SMILES string of the molecule is CCCCC1(CC)CN(c2ccccc2)c2cc(Br)c(OCC(=O)N[C@H](Cc3ccccc3)C(=O)OC(C)(C)C)cc2S(=O)(=O)C1. The molecule has 0 bridgehead atoms. The van der Waals surface area contributed by atoms with Gasteiger partial charge < -0.3 is 19.7 Å². The van der Waals surface area contributed by atoms with Gasteiger partial charge in [0.25, 0.3) is 5.91 Å². The zero-order chi connectivity index (χ0) is 33.5. The van der Waals surface area contributed by atoms with Crippen molar-refractivity contribution < 1.29 is 27.5 Å². The highest BCUT2D eigenvalue weighted by Gasteiger charge is 2.42. The minimum Gasteiger partial charge on any atom is -0.483 e. The summed E-state index contributed by atoms with van der Waals surface area (Å²) >= 11 is 3.58. The largest absolute Gasteiger partial charge is 0.483 e. The number of nitrogens with one attached hydrogen (secondary N) is 1. The Morgan fingerprint density at radius 1 is 1.02 bits per heavy atom. The zero-order valence-electron chi connectivity index (χ0n) is 27.3. The molecule has 10 heteroatoms. The number of halogens is 1. The van der Waals surface area contributed by atoms with Crippen molar-refractivity contribution >= 4 is 49.0 Å². The van der Waals surface area contributed by atoms with Crippen LogP contribution in [0.3, 0.4) is 0 Å². The lowest BCUT2D eigenvalue weighted by atomic mass is 9.81. The van der Waals surface area contributed by atoms with Gasteiger partial charge in [0.1, 0.15) is 17.4 Å². The number of carbonyl (C=O) groups excluding carboxylic acids is 2. The van der Waals surface area contributed by atoms with Crippen molar-refractivity contribution in [2.75, 3.05) is 23.8 Å². The van der Waals surface area contributed by atoms with Crippen LogP contribution in [0.15, 0.2) is 82.2 Å². The van der Waals surface area contributed by atoms with Crippen LogP contribution in [0.1, 0.15) is 65.9 Å². The molecule has 0 aromatic heterocycles. The van der Waals surface area contributed by atoms with Gasteiger partial charge in [-0.05, 0) is 73.3 Å². The van der Waals surface area contributed by atoms with E-state index in [0.717, 1.165) is 36.9 Å². The van der Waals surface area contributed by atoms with E-state index in [4.69, 9.17) is 9.47 Å². The van der Waals surface area contributed by atoms with Gasteiger partial charge in [0, 0.05) is 30.1 Å². The number of carbonyl (C=O) groups is 2. The highest BCUT2D eigenvalue weighted by Crippen LogP contribution is 2.46. The third-order valence-corrected chi connectivity index (χ3v) is 10.8. The lowest BCUT2D eigenvalue weighted by molar-refractivity contribution is -0.158. The maximum absolute atomic E-state index is 14.1. The van der Waals surface area contributed by atoms with Crippen molar-refractivity contribution in [2.45, 2.75) is 83.3 Å². The predicted octanol–water partition coefficient (Wildman–Crippen LogP) is 7.41. The van der Waals surface area contributed by atoms with E-state index in [1.807, 2.05) is 60.7 Å². The normalized spacial score (nSPS) is 18.2. The van der Waals surface area contributed by atoms with Crippen molar-refractivity contribution in [1.82, 2.24) is 5.32 Å². The fourth-order valence-electron chi connectivity index (χ4n) is 5.77. The Hall–Kier alpha value is -3.37. The van der Waals surface area contributed by atoms with Crippen LogP contribution in [0.4, 0.5) is 11.4 Å². The summed E-state index contributed by atoms with van der Waals surface area (Å²) in [6.07, 6.45) is 3.67. The number of para-hydroxylation sites is 1. The van der Waals surface area contributed by atoms with E-state index in [9.17, 15) is 18.0 Å². The molecule has 0 radical (unpaired) electrons. The highest BCUT2D eigenvalue weighted by atomic mass is 79.9. The maximum Gasteiger partial charge on any atom is 0.329 e. The van der Waals surface area contributed by atoms with E-state index in [1.54, 1.807) is 26.8 Å². The van der Waals surface area contributed by atoms with Gasteiger partial charge in [-0.3, -0.25) is 4.79 Å². The smallest absolute Gasteiger partial charge is 0.329 e. The van der Waals surface area contributed by atoms with Crippen LogP contribution in [0, 0.1) is 5.41 Å². The minimum absolute atomic E-state index is 0.0193. The van der Waals surface area contributed by atoms with Gasteiger partial charge in [-0.2, -0.15) is 0 Å². The fraction of sp³-hybridized carbons (Fsp3) is 0.444. The Balaban J connectivity index is 1.62. The number of unbranched alkanes of at least 4 members (excludes halogenated alkanes) is 1. The molecule has 0 spiro atoms. The molecule has 248 valence electrons. The van der Waals surface area contributed by atoms with Crippen LogP contribution in [0.5, 0.6) is 5.75 Å². The molecule has 0 saturated heterocycles. The van der Waals surface area contributed by atoms with Gasteiger partial charge in [0.15, 0.2) is 16.4 Å². The lowest BCUT2D eigenvalue weighted by Crippen LogP contribution is -2.47. The van der Waals surface area contributed by atoms with E-state index >= 15 is 0 Å². The van der Waals surface area contributed by atoms with Crippen LogP contribution in [-0.4, -0.2) is 50.8 Å². The van der Waals surface area contributed by atoms with Crippen molar-refractivity contribution in [3.05, 3.63) is 82.8 Å². The maximum atomic E-state index is 14.1. The van der Waals surface area contributed by atoms with Crippen molar-refractivity contribution in [2.24, 2.45) is 5.41 Å². The molecule has 1 amide bonds. The number of sulfone groups is 1. The van der Waals surface area contributed by atoms with Gasteiger partial charge >= 0.3 is 5.97 Å². The number of anilines is 2. The second-order valence-corrected chi connectivity index (χ2v) is 15.8. The molecule has 1 aliphatic rings. The second-order valence-electron chi connectivity index (χ2n) is 13.0. The summed E-state index contributed by atoms with van der Waals surface area (Å²) in [6, 6.07) is 21.5. The van der Waals surface area contributed by atoms with Crippen molar-refractivity contribution in [3.63, 3.8) is 0 Å². The Morgan fingerprint density at radius 2 is 1.67 bits per heavy atom. The molecule has 8 nitrogen and oxygen atoms in total. The van der Waals surface area contributed by atoms with Crippen LogP contribution in [0.2, 0.25) is 0 Å². The Kier molecular flexibility index (Phi) is 11.6. The van der Waals surface area contributed by atoms with Gasteiger partial charge in [0.2, 0.25) is 0 Å². The molecule has 4 rings (SSSR count). The molecule has 1 N–H and O–H groups in total. The highest BCUT2D eigenvalue weighted by molar-refractivity contribution is 9.10. The molecule has 1 unspecified atom stereocenters. The minimum atomic E-state index is -3.73. The number of ether oxygens (including phenoxy) is 2. The summed E-state index contributed by atoms with van der Waals surface area (Å²) in [5.74, 6) is -0.844. The summed E-state index contributed by atoms with van der Waals surface area (Å²) in [4.78, 5) is 28.4. The second kappa shape index (κ2) is 15.0. The number of amides is 1. The van der Waals surface area contributed by atoms with E-state index in [2.05, 4.69) is 40.0 Å². The summed E-state index contributed by atoms with van der Waals surface area (Å²) in [5.41, 5.74) is 1.16. The number of esters is 1. The summed E-state index contributed by atoms with van der Waals surface area (Å²) in [7, 11) is -3.73. The number of rotatable bonds is 12. The van der Waals surface area contributed by atoms with Crippen LogP contribution in [-0.2, 0) is 30.6 Å². The molecular weight excluding hydrogens is 668 g/mol. The van der Waals surface area contributed by atoms with Gasteiger partial charge in [-0.15, -0.1) is 0 Å². The molecule has 0 aliphatic carbocycles. The third kappa shape index (κ3) is 9.12. The monoisotopic (exact) mass is 712 g/mol. The van der Waals surface area contributed by atoms with Crippen molar-refractivity contribution in [1.29, 1.82) is 0 Å². The van der Waals surface area contributed by atoms with Crippen LogP contribution in [0.25, 0.3) is 0 Å². The molecule has 46 heavy (non-hydrogen) atoms. The molecule has 2 atom stereocenters. The first-order valence-electron chi connectivity index (χ1n) is 15.8. The molecule has 3 aromatic rings. The fourth-order valence-corrected chi connectivity index (χ4v) is 8.39. The molecule has 3 aromatic carbocycles. The summed E-state index contributed by atoms with van der Waals surface area (Å²) in [6.45, 7) is 9.62. The van der Waals surface area contributed by atoms with Crippen LogP contribution >= 0.6 is 15.9 Å². The Labute approximate surface area is 281 Å². The van der Waals surface area contributed by atoms with E-state index in [1.165, 1.54) is 6.07 Å². The summed E-state index contributed by atoms with van der Waals surface area (Å²) < 4.78 is 40.2. The van der Waals surface area contributed by atoms with Gasteiger partial charge in [0.05, 0.1) is 20.8 Å². The molecule has 1 aliphatic heterocycles. The predicted molar refractivity (Wildman–Crippen MR) is 185 cm³/mol. The van der Waals surface area contributed by atoms with E-state index in [-0.39, 0.29) is 22.8 Å². The number of hydrogen-bond donors (Lipinski definition) is 1. The topological polar surface area (TPSA) is 102 Å². The quantitative estimate of drug-likeness (QED) is 0.195. The molecule has 0 saturated carbocycles. The lowest BCUT2D eigenvalue weighted by Gasteiger charge is -2.36. The molecular formula is C36H45BrN2O6S. The molecule has 1 heterocycles. The first-order chi connectivity index (χ1) is 21.8. The van der Waals surface area contributed by atoms with E-state index in [0.29, 0.717) is 16.7 Å². The number of fused-ring (bicyclic) bond motifs is 1. The zero-order valence-corrected chi connectivity index (χ0v) is 29.7.